The predicted octanol–water partition coefficient (Wildman–Crippen LogP) is 2.66. The molecule has 1 fully saturated rings. The molecule has 0 saturated carbocycles. The fraction of sp³-hybridized carbons (Fsp3) is 0.421. The number of piperidine rings is 1. The summed E-state index contributed by atoms with van der Waals surface area (Å²) in [6.07, 6.45) is 3.16. The van der Waals surface area contributed by atoms with Crippen LogP contribution in [0.15, 0.2) is 35.8 Å². The third-order valence-electron chi connectivity index (χ3n) is 4.35. The van der Waals surface area contributed by atoms with Crippen LogP contribution in [0.2, 0.25) is 0 Å². The van der Waals surface area contributed by atoms with Crippen molar-refractivity contribution in [2.24, 2.45) is 5.92 Å². The first-order chi connectivity index (χ1) is 13.2. The standard InChI is InChI=1S/C19H23N3O4S/c1-25-9-10-26-17-7-6-15(12-20-17)21-18(23)14-4-2-8-22(13-14)19(24)16-5-3-11-27-16/h3,5-7,11-12,14H,2,4,8-10,13H2,1H3,(H,21,23). The van der Waals surface area contributed by atoms with E-state index in [1.807, 2.05) is 17.5 Å². The van der Waals surface area contributed by atoms with Crippen LogP contribution in [0.1, 0.15) is 22.5 Å². The second kappa shape index (κ2) is 9.48. The molecular formula is C19H23N3O4S. The fourth-order valence-electron chi connectivity index (χ4n) is 2.95. The number of nitrogens with zero attached hydrogens (tertiary/aromatic N) is 2. The third kappa shape index (κ3) is 5.27. The summed E-state index contributed by atoms with van der Waals surface area (Å²) in [7, 11) is 1.61. The molecule has 1 unspecified atom stereocenters. The van der Waals surface area contributed by atoms with Crippen LogP contribution in [-0.4, -0.2) is 55.1 Å². The normalized spacial score (nSPS) is 16.8. The van der Waals surface area contributed by atoms with E-state index in [0.29, 0.717) is 42.7 Å². The molecule has 7 nitrogen and oxygen atoms in total. The number of thiophene rings is 1. The highest BCUT2D eigenvalue weighted by Gasteiger charge is 2.29. The predicted molar refractivity (Wildman–Crippen MR) is 103 cm³/mol. The number of nitrogens with one attached hydrogen (secondary N) is 1. The van der Waals surface area contributed by atoms with E-state index in [0.717, 1.165) is 12.8 Å². The molecule has 27 heavy (non-hydrogen) atoms. The number of likely N-dealkylation sites (tertiary alicyclic amines) is 1. The van der Waals surface area contributed by atoms with E-state index in [9.17, 15) is 9.59 Å². The Bertz CT molecular complexity index is 749. The van der Waals surface area contributed by atoms with Crippen molar-refractivity contribution in [1.29, 1.82) is 0 Å². The SMILES string of the molecule is COCCOc1ccc(NC(=O)C2CCCN(C(=O)c3cccs3)C2)cn1. The number of rotatable bonds is 7. The van der Waals surface area contributed by atoms with Crippen LogP contribution in [0.25, 0.3) is 0 Å². The lowest BCUT2D eigenvalue weighted by Gasteiger charge is -2.31. The lowest BCUT2D eigenvalue weighted by atomic mass is 9.97. The Kier molecular flexibility index (Phi) is 6.78. The molecular weight excluding hydrogens is 366 g/mol. The molecule has 0 radical (unpaired) electrons. The number of ether oxygens (including phenoxy) is 2. The van der Waals surface area contributed by atoms with Crippen molar-refractivity contribution < 1.29 is 19.1 Å². The molecule has 0 bridgehead atoms. The van der Waals surface area contributed by atoms with Gasteiger partial charge in [0.05, 0.1) is 29.3 Å². The van der Waals surface area contributed by atoms with Gasteiger partial charge in [0, 0.05) is 26.3 Å². The number of hydrogen-bond donors (Lipinski definition) is 1. The molecule has 3 heterocycles. The summed E-state index contributed by atoms with van der Waals surface area (Å²) in [5.74, 6) is 0.172. The maximum Gasteiger partial charge on any atom is 0.263 e. The van der Waals surface area contributed by atoms with Gasteiger partial charge >= 0.3 is 0 Å². The van der Waals surface area contributed by atoms with Gasteiger partial charge in [-0.3, -0.25) is 9.59 Å². The zero-order valence-electron chi connectivity index (χ0n) is 15.2. The molecule has 1 atom stereocenters. The van der Waals surface area contributed by atoms with E-state index in [4.69, 9.17) is 9.47 Å². The van der Waals surface area contributed by atoms with Crippen molar-refractivity contribution in [3.05, 3.63) is 40.7 Å². The van der Waals surface area contributed by atoms with Gasteiger partial charge in [-0.15, -0.1) is 11.3 Å². The van der Waals surface area contributed by atoms with Gasteiger partial charge < -0.3 is 19.7 Å². The van der Waals surface area contributed by atoms with Crippen LogP contribution < -0.4 is 10.1 Å². The van der Waals surface area contributed by atoms with E-state index in [1.165, 1.54) is 11.3 Å². The van der Waals surface area contributed by atoms with Gasteiger partial charge in [0.15, 0.2) is 0 Å². The highest BCUT2D eigenvalue weighted by molar-refractivity contribution is 7.12. The summed E-state index contributed by atoms with van der Waals surface area (Å²) in [4.78, 5) is 31.8. The molecule has 1 N–H and O–H groups in total. The highest BCUT2D eigenvalue weighted by atomic mass is 32.1. The van der Waals surface area contributed by atoms with Gasteiger partial charge in [-0.1, -0.05) is 6.07 Å². The van der Waals surface area contributed by atoms with Gasteiger partial charge in [-0.2, -0.15) is 0 Å². The van der Waals surface area contributed by atoms with Crippen molar-refractivity contribution >= 4 is 28.8 Å². The molecule has 1 saturated heterocycles. The van der Waals surface area contributed by atoms with Gasteiger partial charge in [-0.25, -0.2) is 4.98 Å². The second-order valence-electron chi connectivity index (χ2n) is 6.28. The fourth-order valence-corrected chi connectivity index (χ4v) is 3.64. The summed E-state index contributed by atoms with van der Waals surface area (Å²) in [6.45, 7) is 2.04. The van der Waals surface area contributed by atoms with Crippen LogP contribution >= 0.6 is 11.3 Å². The Labute approximate surface area is 162 Å². The first kappa shape index (κ1) is 19.3. The van der Waals surface area contributed by atoms with Crippen LogP contribution in [0, 0.1) is 5.92 Å². The van der Waals surface area contributed by atoms with E-state index >= 15 is 0 Å². The second-order valence-corrected chi connectivity index (χ2v) is 7.23. The number of methoxy groups -OCH3 is 1. The van der Waals surface area contributed by atoms with Crippen molar-refractivity contribution in [2.75, 3.05) is 38.7 Å². The summed E-state index contributed by atoms with van der Waals surface area (Å²) < 4.78 is 10.3. The topological polar surface area (TPSA) is 80.8 Å². The number of carbonyl (C=O) groups is 2. The lowest BCUT2D eigenvalue weighted by molar-refractivity contribution is -0.121. The van der Waals surface area contributed by atoms with E-state index in [-0.39, 0.29) is 17.7 Å². The van der Waals surface area contributed by atoms with Crippen LogP contribution in [0.4, 0.5) is 5.69 Å². The Morgan fingerprint density at radius 2 is 2.22 bits per heavy atom. The number of aromatic nitrogens is 1. The van der Waals surface area contributed by atoms with E-state index in [1.54, 1.807) is 30.3 Å². The Morgan fingerprint density at radius 1 is 1.33 bits per heavy atom. The Hall–Kier alpha value is -2.45. The van der Waals surface area contributed by atoms with Gasteiger partial charge in [0.25, 0.3) is 5.91 Å². The molecule has 0 aliphatic carbocycles. The molecule has 1 aliphatic rings. The summed E-state index contributed by atoms with van der Waals surface area (Å²) >= 11 is 1.43. The van der Waals surface area contributed by atoms with Crippen molar-refractivity contribution in [2.45, 2.75) is 12.8 Å². The quantitative estimate of drug-likeness (QED) is 0.737. The number of anilines is 1. The smallest absolute Gasteiger partial charge is 0.263 e. The Morgan fingerprint density at radius 3 is 2.93 bits per heavy atom. The zero-order valence-corrected chi connectivity index (χ0v) is 16.0. The largest absolute Gasteiger partial charge is 0.475 e. The maximum atomic E-state index is 12.6. The zero-order chi connectivity index (χ0) is 19.1. The molecule has 1 aliphatic heterocycles. The lowest BCUT2D eigenvalue weighted by Crippen LogP contribution is -2.43. The van der Waals surface area contributed by atoms with Gasteiger partial charge in [-0.05, 0) is 30.4 Å². The van der Waals surface area contributed by atoms with Crippen LogP contribution in [0.5, 0.6) is 5.88 Å². The number of amides is 2. The minimum atomic E-state index is -0.222. The van der Waals surface area contributed by atoms with Crippen molar-refractivity contribution in [3.63, 3.8) is 0 Å². The average Bonchev–Trinajstić information content (AvgIpc) is 3.24. The molecule has 144 valence electrons. The first-order valence-corrected chi connectivity index (χ1v) is 9.77. The minimum absolute atomic E-state index is 0.00160. The van der Waals surface area contributed by atoms with Crippen LogP contribution in [0.3, 0.4) is 0 Å². The van der Waals surface area contributed by atoms with E-state index in [2.05, 4.69) is 10.3 Å². The molecule has 0 aromatic carbocycles. The first-order valence-electron chi connectivity index (χ1n) is 8.89. The number of carbonyl (C=O) groups excluding carboxylic acids is 2. The van der Waals surface area contributed by atoms with Crippen molar-refractivity contribution in [3.8, 4) is 5.88 Å². The monoisotopic (exact) mass is 389 g/mol. The molecule has 0 spiro atoms. The molecule has 8 heteroatoms. The van der Waals surface area contributed by atoms with Gasteiger partial charge in [0.1, 0.15) is 6.61 Å². The van der Waals surface area contributed by atoms with Crippen LogP contribution in [-0.2, 0) is 9.53 Å². The third-order valence-corrected chi connectivity index (χ3v) is 5.21. The van der Waals surface area contributed by atoms with Crippen molar-refractivity contribution in [1.82, 2.24) is 9.88 Å². The Balaban J connectivity index is 1.53. The number of hydrogen-bond acceptors (Lipinski definition) is 6. The molecule has 2 aromatic rings. The molecule has 3 rings (SSSR count). The van der Waals surface area contributed by atoms with E-state index < -0.39 is 0 Å². The maximum absolute atomic E-state index is 12.6. The molecule has 2 amide bonds. The molecule has 2 aromatic heterocycles. The average molecular weight is 389 g/mol. The number of pyridine rings is 1. The summed E-state index contributed by atoms with van der Waals surface area (Å²) in [5, 5.41) is 4.77. The van der Waals surface area contributed by atoms with Gasteiger partial charge in [0.2, 0.25) is 11.8 Å². The highest BCUT2D eigenvalue weighted by Crippen LogP contribution is 2.22. The minimum Gasteiger partial charge on any atom is -0.475 e. The summed E-state index contributed by atoms with van der Waals surface area (Å²) in [5.41, 5.74) is 0.612. The summed E-state index contributed by atoms with van der Waals surface area (Å²) in [6, 6.07) is 7.14.